The Bertz CT molecular complexity index is 468. The largest absolute Gasteiger partial charge is 0.371 e. The normalized spacial score (nSPS) is 24.9. The number of nitrogens with one attached hydrogen (secondary N) is 1. The Morgan fingerprint density at radius 1 is 1.19 bits per heavy atom. The average Bonchev–Trinajstić information content (AvgIpc) is 3.01. The summed E-state index contributed by atoms with van der Waals surface area (Å²) in [6.07, 6.45) is 4.37. The standard InChI is InChI=1S/C19H30N2/c1-14(2)10-20-11-16-7-8-19(9-15(16)3)21-12-17-5-4-6-18(17)13-21/h7-9,14,17-18,20H,4-6,10-13H2,1-3H3. The molecule has 1 aromatic rings. The molecule has 1 aliphatic heterocycles. The first kappa shape index (κ1) is 14.9. The summed E-state index contributed by atoms with van der Waals surface area (Å²) in [4.78, 5) is 2.62. The molecule has 0 bridgehead atoms. The van der Waals surface area contributed by atoms with Gasteiger partial charge in [-0.2, -0.15) is 0 Å². The summed E-state index contributed by atoms with van der Waals surface area (Å²) in [5.74, 6) is 2.66. The fourth-order valence-electron chi connectivity index (χ4n) is 4.02. The quantitative estimate of drug-likeness (QED) is 0.881. The summed E-state index contributed by atoms with van der Waals surface area (Å²) in [7, 11) is 0. The number of aryl methyl sites for hydroxylation is 1. The van der Waals surface area contributed by atoms with Crippen molar-refractivity contribution in [3.05, 3.63) is 29.3 Å². The van der Waals surface area contributed by atoms with Crippen LogP contribution in [0.3, 0.4) is 0 Å². The lowest BCUT2D eigenvalue weighted by molar-refractivity contribution is 0.494. The molecule has 0 spiro atoms. The minimum Gasteiger partial charge on any atom is -0.371 e. The molecule has 2 aliphatic rings. The van der Waals surface area contributed by atoms with Crippen molar-refractivity contribution in [2.75, 3.05) is 24.5 Å². The van der Waals surface area contributed by atoms with E-state index in [1.807, 2.05) is 0 Å². The van der Waals surface area contributed by atoms with Crippen LogP contribution in [-0.4, -0.2) is 19.6 Å². The summed E-state index contributed by atoms with van der Waals surface area (Å²) in [6.45, 7) is 11.4. The molecule has 1 saturated heterocycles. The van der Waals surface area contributed by atoms with Crippen molar-refractivity contribution in [1.29, 1.82) is 0 Å². The highest BCUT2D eigenvalue weighted by Gasteiger charge is 2.36. The second kappa shape index (κ2) is 6.39. The van der Waals surface area contributed by atoms with Crippen LogP contribution in [-0.2, 0) is 6.54 Å². The van der Waals surface area contributed by atoms with Crippen molar-refractivity contribution in [3.8, 4) is 0 Å². The summed E-state index contributed by atoms with van der Waals surface area (Å²) in [5, 5.41) is 3.55. The molecule has 1 aromatic carbocycles. The molecular weight excluding hydrogens is 256 g/mol. The summed E-state index contributed by atoms with van der Waals surface area (Å²) in [6, 6.07) is 7.06. The van der Waals surface area contributed by atoms with Crippen molar-refractivity contribution in [2.45, 2.75) is 46.6 Å². The number of nitrogens with zero attached hydrogens (tertiary/aromatic N) is 1. The van der Waals surface area contributed by atoms with Crippen LogP contribution in [0.25, 0.3) is 0 Å². The Morgan fingerprint density at radius 2 is 1.90 bits per heavy atom. The minimum atomic E-state index is 0.716. The molecule has 2 atom stereocenters. The van der Waals surface area contributed by atoms with Crippen molar-refractivity contribution in [1.82, 2.24) is 5.32 Å². The fourth-order valence-corrected chi connectivity index (χ4v) is 4.02. The van der Waals surface area contributed by atoms with Gasteiger partial charge in [-0.3, -0.25) is 0 Å². The van der Waals surface area contributed by atoms with Gasteiger partial charge < -0.3 is 10.2 Å². The van der Waals surface area contributed by atoms with Crippen molar-refractivity contribution < 1.29 is 0 Å². The first-order chi connectivity index (χ1) is 10.1. The van der Waals surface area contributed by atoms with Crippen LogP contribution in [0.5, 0.6) is 0 Å². The number of anilines is 1. The lowest BCUT2D eigenvalue weighted by Crippen LogP contribution is -2.22. The zero-order chi connectivity index (χ0) is 14.8. The number of benzene rings is 1. The van der Waals surface area contributed by atoms with Crippen molar-refractivity contribution >= 4 is 5.69 Å². The molecule has 0 amide bonds. The zero-order valence-corrected chi connectivity index (χ0v) is 13.9. The van der Waals surface area contributed by atoms with Gasteiger partial charge in [0.1, 0.15) is 0 Å². The van der Waals surface area contributed by atoms with E-state index in [0.717, 1.165) is 24.9 Å². The van der Waals surface area contributed by atoms with E-state index in [1.165, 1.54) is 49.2 Å². The topological polar surface area (TPSA) is 15.3 Å². The Labute approximate surface area is 129 Å². The molecule has 2 nitrogen and oxygen atoms in total. The highest BCUT2D eigenvalue weighted by molar-refractivity contribution is 5.52. The maximum absolute atomic E-state index is 3.55. The minimum absolute atomic E-state index is 0.716. The third-order valence-electron chi connectivity index (χ3n) is 5.29. The van der Waals surface area contributed by atoms with Gasteiger partial charge in [-0.15, -0.1) is 0 Å². The number of fused-ring (bicyclic) bond motifs is 1. The lowest BCUT2D eigenvalue weighted by atomic mass is 10.0. The second-order valence-corrected chi connectivity index (χ2v) is 7.49. The number of hydrogen-bond donors (Lipinski definition) is 1. The molecule has 2 unspecified atom stereocenters. The van der Waals surface area contributed by atoms with Crippen LogP contribution in [0.4, 0.5) is 5.69 Å². The van der Waals surface area contributed by atoms with E-state index in [1.54, 1.807) is 0 Å². The van der Waals surface area contributed by atoms with Crippen LogP contribution in [0, 0.1) is 24.7 Å². The maximum Gasteiger partial charge on any atom is 0.0369 e. The van der Waals surface area contributed by atoms with Crippen molar-refractivity contribution in [3.63, 3.8) is 0 Å². The van der Waals surface area contributed by atoms with E-state index in [4.69, 9.17) is 0 Å². The van der Waals surface area contributed by atoms with E-state index >= 15 is 0 Å². The lowest BCUT2D eigenvalue weighted by Gasteiger charge is -2.21. The van der Waals surface area contributed by atoms with Gasteiger partial charge >= 0.3 is 0 Å². The molecule has 1 N–H and O–H groups in total. The zero-order valence-electron chi connectivity index (χ0n) is 13.9. The number of hydrogen-bond acceptors (Lipinski definition) is 2. The van der Waals surface area contributed by atoms with Crippen LogP contribution in [0.2, 0.25) is 0 Å². The van der Waals surface area contributed by atoms with Gasteiger partial charge in [0.2, 0.25) is 0 Å². The molecule has 21 heavy (non-hydrogen) atoms. The van der Waals surface area contributed by atoms with Crippen molar-refractivity contribution in [2.24, 2.45) is 17.8 Å². The molecule has 0 aromatic heterocycles. The Morgan fingerprint density at radius 3 is 2.52 bits per heavy atom. The Hall–Kier alpha value is -1.02. The molecule has 1 saturated carbocycles. The highest BCUT2D eigenvalue weighted by Crippen LogP contribution is 2.39. The van der Waals surface area contributed by atoms with Gasteiger partial charge in [-0.1, -0.05) is 26.3 Å². The Balaban J connectivity index is 1.61. The summed E-state index contributed by atoms with van der Waals surface area (Å²) >= 11 is 0. The second-order valence-electron chi connectivity index (χ2n) is 7.49. The molecule has 116 valence electrons. The highest BCUT2D eigenvalue weighted by atomic mass is 15.2. The van der Waals surface area contributed by atoms with E-state index in [-0.39, 0.29) is 0 Å². The van der Waals surface area contributed by atoms with E-state index in [0.29, 0.717) is 5.92 Å². The summed E-state index contributed by atoms with van der Waals surface area (Å²) in [5.41, 5.74) is 4.31. The van der Waals surface area contributed by atoms with Gasteiger partial charge in [0, 0.05) is 25.3 Å². The molecule has 2 fully saturated rings. The predicted octanol–water partition coefficient (Wildman–Crippen LogP) is 3.98. The molecule has 3 rings (SSSR count). The average molecular weight is 286 g/mol. The van der Waals surface area contributed by atoms with E-state index in [2.05, 4.69) is 49.2 Å². The molecule has 1 heterocycles. The third kappa shape index (κ3) is 3.42. The molecular formula is C19H30N2. The SMILES string of the molecule is Cc1cc(N2CC3CCCC3C2)ccc1CNCC(C)C. The van der Waals surface area contributed by atoms with Gasteiger partial charge in [0.05, 0.1) is 0 Å². The van der Waals surface area contributed by atoms with Crippen LogP contribution in [0.15, 0.2) is 18.2 Å². The van der Waals surface area contributed by atoms with Crippen LogP contribution < -0.4 is 10.2 Å². The van der Waals surface area contributed by atoms with Gasteiger partial charge in [0.25, 0.3) is 0 Å². The smallest absolute Gasteiger partial charge is 0.0369 e. The van der Waals surface area contributed by atoms with E-state index in [9.17, 15) is 0 Å². The van der Waals surface area contributed by atoms with Crippen LogP contribution >= 0.6 is 0 Å². The van der Waals surface area contributed by atoms with Gasteiger partial charge in [-0.25, -0.2) is 0 Å². The first-order valence-corrected chi connectivity index (χ1v) is 8.68. The fraction of sp³-hybridized carbons (Fsp3) is 0.684. The Kier molecular flexibility index (Phi) is 4.54. The van der Waals surface area contributed by atoms with Gasteiger partial charge in [0.15, 0.2) is 0 Å². The van der Waals surface area contributed by atoms with Gasteiger partial charge in [-0.05, 0) is 67.3 Å². The van der Waals surface area contributed by atoms with Crippen LogP contribution in [0.1, 0.15) is 44.2 Å². The monoisotopic (exact) mass is 286 g/mol. The molecule has 0 radical (unpaired) electrons. The first-order valence-electron chi connectivity index (χ1n) is 8.68. The van der Waals surface area contributed by atoms with E-state index < -0.39 is 0 Å². The number of rotatable bonds is 5. The predicted molar refractivity (Wildman–Crippen MR) is 90.8 cm³/mol. The maximum atomic E-state index is 3.55. The molecule has 2 heteroatoms. The third-order valence-corrected chi connectivity index (χ3v) is 5.29. The summed E-state index contributed by atoms with van der Waals surface area (Å²) < 4.78 is 0. The molecule has 1 aliphatic carbocycles.